The molecular formula is C15H23N3O. The molecule has 0 spiro atoms. The first-order valence-electron chi connectivity index (χ1n) is 7.51. The second kappa shape index (κ2) is 5.08. The lowest BCUT2D eigenvalue weighted by molar-refractivity contribution is 0.00919. The summed E-state index contributed by atoms with van der Waals surface area (Å²) in [5.74, 6) is 1.92. The van der Waals surface area contributed by atoms with Crippen LogP contribution in [0, 0.1) is 0 Å². The van der Waals surface area contributed by atoms with Crippen molar-refractivity contribution in [2.45, 2.75) is 58.0 Å². The van der Waals surface area contributed by atoms with Crippen LogP contribution in [0.3, 0.4) is 0 Å². The van der Waals surface area contributed by atoms with E-state index in [-0.39, 0.29) is 5.60 Å². The van der Waals surface area contributed by atoms with Crippen molar-refractivity contribution in [3.05, 3.63) is 17.1 Å². The molecule has 4 nitrogen and oxygen atoms in total. The molecule has 1 N–H and O–H groups in total. The van der Waals surface area contributed by atoms with E-state index in [4.69, 9.17) is 14.7 Å². The van der Waals surface area contributed by atoms with Gasteiger partial charge in [0.05, 0.1) is 0 Å². The minimum atomic E-state index is -0.281. The molecule has 2 aliphatic rings. The summed E-state index contributed by atoms with van der Waals surface area (Å²) < 4.78 is 5.90. The number of fused-ring (bicyclic) bond motifs is 1. The topological polar surface area (TPSA) is 47.0 Å². The Labute approximate surface area is 115 Å². The van der Waals surface area contributed by atoms with Gasteiger partial charge >= 0.3 is 0 Å². The van der Waals surface area contributed by atoms with Gasteiger partial charge in [0.25, 0.3) is 0 Å². The molecule has 104 valence electrons. The van der Waals surface area contributed by atoms with Crippen LogP contribution in [0.25, 0.3) is 0 Å². The summed E-state index contributed by atoms with van der Waals surface area (Å²) in [5.41, 5.74) is 2.29. The van der Waals surface area contributed by atoms with E-state index in [1.54, 1.807) is 0 Å². The van der Waals surface area contributed by atoms with Gasteiger partial charge in [-0.15, -0.1) is 0 Å². The molecule has 1 fully saturated rings. The number of hydrogen-bond donors (Lipinski definition) is 1. The van der Waals surface area contributed by atoms with Crippen LogP contribution >= 0.6 is 0 Å². The monoisotopic (exact) mass is 261 g/mol. The van der Waals surface area contributed by atoms with Crippen molar-refractivity contribution in [2.24, 2.45) is 0 Å². The molecule has 3 rings (SSSR count). The molecule has 1 aromatic heterocycles. The zero-order valence-electron chi connectivity index (χ0n) is 12.0. The van der Waals surface area contributed by atoms with Gasteiger partial charge in [-0.25, -0.2) is 9.97 Å². The highest BCUT2D eigenvalue weighted by Gasteiger charge is 2.36. The summed E-state index contributed by atoms with van der Waals surface area (Å²) in [6.07, 6.45) is 6.81. The van der Waals surface area contributed by atoms with Gasteiger partial charge in [-0.05, 0) is 52.4 Å². The molecule has 0 saturated carbocycles. The van der Waals surface area contributed by atoms with Crippen LogP contribution in [-0.4, -0.2) is 23.1 Å². The van der Waals surface area contributed by atoms with Crippen LogP contribution in [0.2, 0.25) is 0 Å². The molecule has 0 radical (unpaired) electrons. The maximum absolute atomic E-state index is 5.90. The molecule has 2 heterocycles. The van der Waals surface area contributed by atoms with Crippen LogP contribution in [0.4, 0.5) is 5.82 Å². The molecule has 0 amide bonds. The fourth-order valence-corrected chi connectivity index (χ4v) is 3.10. The largest absolute Gasteiger partial charge is 0.370 e. The first-order valence-corrected chi connectivity index (χ1v) is 7.51. The third-order valence-corrected chi connectivity index (χ3v) is 4.22. The van der Waals surface area contributed by atoms with Gasteiger partial charge in [-0.3, -0.25) is 0 Å². The lowest BCUT2D eigenvalue weighted by Crippen LogP contribution is -2.26. The maximum Gasteiger partial charge on any atom is 0.162 e. The van der Waals surface area contributed by atoms with Gasteiger partial charge in [0, 0.05) is 24.4 Å². The lowest BCUT2D eigenvalue weighted by Gasteiger charge is -2.26. The second-order valence-electron chi connectivity index (χ2n) is 5.74. The Balaban J connectivity index is 2.03. The van der Waals surface area contributed by atoms with Crippen molar-refractivity contribution in [2.75, 3.05) is 18.5 Å². The normalized spacial score (nSPS) is 26.2. The molecule has 0 bridgehead atoms. The van der Waals surface area contributed by atoms with E-state index in [0.29, 0.717) is 0 Å². The highest BCUT2D eigenvalue weighted by Crippen LogP contribution is 2.36. The molecule has 1 saturated heterocycles. The van der Waals surface area contributed by atoms with Crippen molar-refractivity contribution in [3.63, 3.8) is 0 Å². The van der Waals surface area contributed by atoms with E-state index in [1.807, 2.05) is 0 Å². The van der Waals surface area contributed by atoms with E-state index in [1.165, 1.54) is 24.1 Å². The molecule has 1 atom stereocenters. The molecule has 1 aliphatic heterocycles. The SMILES string of the molecule is CCNc1nc(C2(C)CCCO2)nc2c1CCCC2. The molecule has 1 aromatic rings. The quantitative estimate of drug-likeness (QED) is 0.909. The summed E-state index contributed by atoms with van der Waals surface area (Å²) in [7, 11) is 0. The fraction of sp³-hybridized carbons (Fsp3) is 0.733. The van der Waals surface area contributed by atoms with Gasteiger partial charge < -0.3 is 10.1 Å². The predicted octanol–water partition coefficient (Wildman–Crippen LogP) is 2.81. The predicted molar refractivity (Wildman–Crippen MR) is 75.4 cm³/mol. The Hall–Kier alpha value is -1.16. The Morgan fingerprint density at radius 3 is 2.79 bits per heavy atom. The lowest BCUT2D eigenvalue weighted by atomic mass is 9.95. The third kappa shape index (κ3) is 2.34. The average molecular weight is 261 g/mol. The Bertz CT molecular complexity index is 467. The molecule has 1 aliphatic carbocycles. The Morgan fingerprint density at radius 2 is 2.05 bits per heavy atom. The molecule has 4 heteroatoms. The average Bonchev–Trinajstić information content (AvgIpc) is 2.87. The number of aryl methyl sites for hydroxylation is 1. The van der Waals surface area contributed by atoms with E-state index < -0.39 is 0 Å². The second-order valence-corrected chi connectivity index (χ2v) is 5.74. The zero-order valence-corrected chi connectivity index (χ0v) is 12.0. The van der Waals surface area contributed by atoms with E-state index >= 15 is 0 Å². The van der Waals surface area contributed by atoms with Crippen molar-refractivity contribution >= 4 is 5.82 Å². The smallest absolute Gasteiger partial charge is 0.162 e. The van der Waals surface area contributed by atoms with Crippen LogP contribution in [0.1, 0.15) is 56.6 Å². The number of nitrogens with zero attached hydrogens (tertiary/aromatic N) is 2. The molecular weight excluding hydrogens is 238 g/mol. The first-order chi connectivity index (χ1) is 9.23. The summed E-state index contributed by atoms with van der Waals surface area (Å²) in [6, 6.07) is 0. The maximum atomic E-state index is 5.90. The number of anilines is 1. The Morgan fingerprint density at radius 1 is 1.21 bits per heavy atom. The van der Waals surface area contributed by atoms with E-state index in [0.717, 1.165) is 50.5 Å². The summed E-state index contributed by atoms with van der Waals surface area (Å²) in [4.78, 5) is 9.62. The summed E-state index contributed by atoms with van der Waals surface area (Å²) in [5, 5.41) is 3.41. The summed E-state index contributed by atoms with van der Waals surface area (Å²) in [6.45, 7) is 5.97. The van der Waals surface area contributed by atoms with Gasteiger partial charge in [0.2, 0.25) is 0 Å². The van der Waals surface area contributed by atoms with Crippen molar-refractivity contribution in [1.29, 1.82) is 0 Å². The number of rotatable bonds is 3. The molecule has 19 heavy (non-hydrogen) atoms. The van der Waals surface area contributed by atoms with Crippen LogP contribution < -0.4 is 5.32 Å². The van der Waals surface area contributed by atoms with Gasteiger partial charge in [0.15, 0.2) is 5.82 Å². The standard InChI is InChI=1S/C15H23N3O/c1-3-16-13-11-7-4-5-8-12(11)17-14(18-13)15(2)9-6-10-19-15/h3-10H2,1-2H3,(H,16,17,18). The fourth-order valence-electron chi connectivity index (χ4n) is 3.10. The van der Waals surface area contributed by atoms with E-state index in [2.05, 4.69) is 19.2 Å². The van der Waals surface area contributed by atoms with Crippen molar-refractivity contribution in [1.82, 2.24) is 9.97 Å². The van der Waals surface area contributed by atoms with Gasteiger partial charge in [-0.2, -0.15) is 0 Å². The third-order valence-electron chi connectivity index (χ3n) is 4.22. The summed E-state index contributed by atoms with van der Waals surface area (Å²) >= 11 is 0. The van der Waals surface area contributed by atoms with Gasteiger partial charge in [0.1, 0.15) is 11.4 Å². The Kier molecular flexibility index (Phi) is 3.44. The van der Waals surface area contributed by atoms with Crippen LogP contribution in [-0.2, 0) is 23.2 Å². The molecule has 0 aromatic carbocycles. The highest BCUT2D eigenvalue weighted by molar-refractivity contribution is 5.48. The number of ether oxygens (including phenoxy) is 1. The highest BCUT2D eigenvalue weighted by atomic mass is 16.5. The van der Waals surface area contributed by atoms with Crippen molar-refractivity contribution in [3.8, 4) is 0 Å². The first kappa shape index (κ1) is 12.9. The number of hydrogen-bond acceptors (Lipinski definition) is 4. The number of aromatic nitrogens is 2. The van der Waals surface area contributed by atoms with E-state index in [9.17, 15) is 0 Å². The van der Waals surface area contributed by atoms with Crippen LogP contribution in [0.5, 0.6) is 0 Å². The minimum Gasteiger partial charge on any atom is -0.370 e. The minimum absolute atomic E-state index is 0.281. The van der Waals surface area contributed by atoms with Gasteiger partial charge in [-0.1, -0.05) is 0 Å². The van der Waals surface area contributed by atoms with Crippen molar-refractivity contribution < 1.29 is 4.74 Å². The zero-order chi connectivity index (χ0) is 13.3. The molecule has 1 unspecified atom stereocenters. The van der Waals surface area contributed by atoms with Crippen LogP contribution in [0.15, 0.2) is 0 Å². The number of nitrogens with one attached hydrogen (secondary N) is 1.